The lowest BCUT2D eigenvalue weighted by molar-refractivity contribution is 0.626. The van der Waals surface area contributed by atoms with Gasteiger partial charge in [-0.2, -0.15) is 0 Å². The number of aryl methyl sites for hydroxylation is 2. The topological polar surface area (TPSA) is 44.5 Å². The lowest BCUT2D eigenvalue weighted by Crippen LogP contribution is -1.92. The van der Waals surface area contributed by atoms with Crippen molar-refractivity contribution in [1.29, 1.82) is 0 Å². The summed E-state index contributed by atoms with van der Waals surface area (Å²) in [5.74, 6) is 0.673. The van der Waals surface area contributed by atoms with Crippen LogP contribution < -0.4 is 0 Å². The molecule has 1 aromatic heterocycles. The molecule has 0 aliphatic heterocycles. The van der Waals surface area contributed by atoms with Gasteiger partial charge in [0.1, 0.15) is 11.6 Å². The van der Waals surface area contributed by atoms with Crippen LogP contribution in [0.3, 0.4) is 0 Å². The molecule has 1 aromatic carbocycles. The smallest absolute Gasteiger partial charge is 0.213 e. The number of H-pyrrole nitrogens is 2. The summed E-state index contributed by atoms with van der Waals surface area (Å²) < 4.78 is 13.1. The van der Waals surface area contributed by atoms with Crippen LogP contribution in [-0.2, 0) is 12.8 Å². The van der Waals surface area contributed by atoms with Gasteiger partial charge in [0.05, 0.1) is 0 Å². The third-order valence-corrected chi connectivity index (χ3v) is 2.54. The van der Waals surface area contributed by atoms with E-state index in [2.05, 4.69) is 15.2 Å². The van der Waals surface area contributed by atoms with E-state index in [0.717, 1.165) is 30.7 Å². The minimum absolute atomic E-state index is 0.194. The first-order valence-corrected chi connectivity index (χ1v) is 5.53. The first-order chi connectivity index (χ1) is 7.74. The number of halogens is 1. The molecule has 84 valence electrons. The van der Waals surface area contributed by atoms with Crippen molar-refractivity contribution in [3.63, 3.8) is 0 Å². The van der Waals surface area contributed by atoms with Crippen molar-refractivity contribution in [3.8, 4) is 0 Å². The maximum Gasteiger partial charge on any atom is 0.213 e. The van der Waals surface area contributed by atoms with Crippen molar-refractivity contribution in [3.05, 3.63) is 46.2 Å². The van der Waals surface area contributed by atoms with Crippen LogP contribution in [0.2, 0.25) is 0 Å². The van der Waals surface area contributed by atoms with Crippen molar-refractivity contribution >= 4 is 12.2 Å². The lowest BCUT2D eigenvalue weighted by atomic mass is 10.1. The Labute approximate surface area is 97.7 Å². The SMILES string of the molecule is Fc1ccc(CCCc2nc(=S)[nH][nH]2)cc1. The Morgan fingerprint density at radius 3 is 2.50 bits per heavy atom. The normalized spacial score (nSPS) is 10.6. The molecule has 1 heterocycles. The van der Waals surface area contributed by atoms with Gasteiger partial charge in [0.25, 0.3) is 0 Å². The van der Waals surface area contributed by atoms with Gasteiger partial charge in [-0.05, 0) is 42.8 Å². The molecule has 0 fully saturated rings. The minimum Gasteiger partial charge on any atom is -0.286 e. The van der Waals surface area contributed by atoms with Crippen LogP contribution in [0.4, 0.5) is 4.39 Å². The van der Waals surface area contributed by atoms with Crippen molar-refractivity contribution < 1.29 is 4.39 Å². The lowest BCUT2D eigenvalue weighted by Gasteiger charge is -1.99. The zero-order chi connectivity index (χ0) is 11.4. The predicted octanol–water partition coefficient (Wildman–Crippen LogP) is 2.78. The van der Waals surface area contributed by atoms with Crippen LogP contribution in [0.5, 0.6) is 0 Å². The van der Waals surface area contributed by atoms with E-state index in [-0.39, 0.29) is 5.82 Å². The summed E-state index contributed by atoms with van der Waals surface area (Å²) in [6, 6.07) is 6.58. The number of nitrogens with zero attached hydrogens (tertiary/aromatic N) is 1. The highest BCUT2D eigenvalue weighted by Crippen LogP contribution is 2.07. The van der Waals surface area contributed by atoms with Gasteiger partial charge >= 0.3 is 0 Å². The monoisotopic (exact) mass is 237 g/mol. The number of aromatic nitrogens is 3. The summed E-state index contributed by atoms with van der Waals surface area (Å²) >= 11 is 4.85. The number of hydrogen-bond acceptors (Lipinski definition) is 2. The van der Waals surface area contributed by atoms with E-state index in [1.54, 1.807) is 0 Å². The Hall–Kier alpha value is -1.49. The molecule has 2 rings (SSSR count). The van der Waals surface area contributed by atoms with E-state index in [0.29, 0.717) is 4.77 Å². The van der Waals surface area contributed by atoms with Gasteiger partial charge in [-0.1, -0.05) is 12.1 Å². The Balaban J connectivity index is 1.84. The highest BCUT2D eigenvalue weighted by Gasteiger charge is 1.98. The first-order valence-electron chi connectivity index (χ1n) is 5.12. The number of hydrogen-bond donors (Lipinski definition) is 2. The Morgan fingerprint density at radius 2 is 1.88 bits per heavy atom. The fraction of sp³-hybridized carbons (Fsp3) is 0.273. The molecule has 16 heavy (non-hydrogen) atoms. The summed E-state index contributed by atoms with van der Waals surface area (Å²) in [5, 5.41) is 5.65. The molecule has 0 spiro atoms. The van der Waals surface area contributed by atoms with Crippen LogP contribution >= 0.6 is 12.2 Å². The highest BCUT2D eigenvalue weighted by molar-refractivity contribution is 7.71. The van der Waals surface area contributed by atoms with Crippen molar-refractivity contribution in [1.82, 2.24) is 15.2 Å². The van der Waals surface area contributed by atoms with E-state index < -0.39 is 0 Å². The van der Waals surface area contributed by atoms with Crippen molar-refractivity contribution in [2.24, 2.45) is 0 Å². The van der Waals surface area contributed by atoms with Crippen LogP contribution in [0.15, 0.2) is 24.3 Å². The average molecular weight is 237 g/mol. The molecule has 0 radical (unpaired) electrons. The average Bonchev–Trinajstić information content (AvgIpc) is 2.67. The van der Waals surface area contributed by atoms with Gasteiger partial charge in [-0.3, -0.25) is 10.2 Å². The number of rotatable bonds is 4. The van der Waals surface area contributed by atoms with Crippen LogP contribution in [0.1, 0.15) is 17.8 Å². The van der Waals surface area contributed by atoms with Crippen LogP contribution in [0, 0.1) is 10.6 Å². The molecule has 0 bridgehead atoms. The zero-order valence-corrected chi connectivity index (χ0v) is 9.48. The number of aromatic amines is 2. The molecule has 5 heteroatoms. The predicted molar refractivity (Wildman–Crippen MR) is 62.2 cm³/mol. The summed E-state index contributed by atoms with van der Waals surface area (Å²) in [4.78, 5) is 4.10. The summed E-state index contributed by atoms with van der Waals surface area (Å²) in [5.41, 5.74) is 1.13. The molecule has 0 saturated carbocycles. The van der Waals surface area contributed by atoms with Crippen molar-refractivity contribution in [2.75, 3.05) is 0 Å². The number of benzene rings is 1. The summed E-state index contributed by atoms with van der Waals surface area (Å²) in [7, 11) is 0. The summed E-state index contributed by atoms with van der Waals surface area (Å²) in [6.07, 6.45) is 2.71. The maximum atomic E-state index is 12.6. The summed E-state index contributed by atoms with van der Waals surface area (Å²) in [6.45, 7) is 0. The fourth-order valence-electron chi connectivity index (χ4n) is 1.53. The molecule has 3 nitrogen and oxygen atoms in total. The standard InChI is InChI=1S/C11H12FN3S/c12-9-6-4-8(5-7-9)2-1-3-10-13-11(16)15-14-10/h4-7H,1-3H2,(H2,13,14,15,16). The Morgan fingerprint density at radius 1 is 1.12 bits per heavy atom. The number of nitrogens with one attached hydrogen (secondary N) is 2. The van der Waals surface area contributed by atoms with Gasteiger partial charge in [-0.15, -0.1) is 0 Å². The molecule has 0 aliphatic rings. The molecule has 0 saturated heterocycles. The fourth-order valence-corrected chi connectivity index (χ4v) is 1.69. The molecule has 0 unspecified atom stereocenters. The van der Waals surface area contributed by atoms with Crippen molar-refractivity contribution in [2.45, 2.75) is 19.3 Å². The minimum atomic E-state index is -0.194. The molecule has 0 amide bonds. The highest BCUT2D eigenvalue weighted by atomic mass is 32.1. The van der Waals surface area contributed by atoms with E-state index in [4.69, 9.17) is 12.2 Å². The molecule has 2 N–H and O–H groups in total. The quantitative estimate of drug-likeness (QED) is 0.803. The second-order valence-corrected chi connectivity index (χ2v) is 3.98. The zero-order valence-electron chi connectivity index (χ0n) is 8.66. The van der Waals surface area contributed by atoms with E-state index in [1.165, 1.54) is 12.1 Å². The second-order valence-electron chi connectivity index (χ2n) is 3.59. The molecule has 0 atom stereocenters. The Bertz CT molecular complexity index is 500. The largest absolute Gasteiger partial charge is 0.286 e. The maximum absolute atomic E-state index is 12.6. The van der Waals surface area contributed by atoms with Gasteiger partial charge in [-0.25, -0.2) is 9.37 Å². The van der Waals surface area contributed by atoms with Gasteiger partial charge in [0.2, 0.25) is 4.77 Å². The third kappa shape index (κ3) is 3.00. The molecular weight excluding hydrogens is 225 g/mol. The van der Waals surface area contributed by atoms with E-state index in [1.807, 2.05) is 12.1 Å². The van der Waals surface area contributed by atoms with Crippen LogP contribution in [-0.4, -0.2) is 15.2 Å². The van der Waals surface area contributed by atoms with Gasteiger partial charge in [0.15, 0.2) is 0 Å². The second kappa shape index (κ2) is 5.03. The van der Waals surface area contributed by atoms with Crippen LogP contribution in [0.25, 0.3) is 0 Å². The molecular formula is C11H12FN3S. The molecule has 0 aliphatic carbocycles. The van der Waals surface area contributed by atoms with Gasteiger partial charge in [0, 0.05) is 6.42 Å². The van der Waals surface area contributed by atoms with E-state index >= 15 is 0 Å². The molecule has 2 aromatic rings. The Kier molecular flexibility index (Phi) is 3.46. The van der Waals surface area contributed by atoms with Gasteiger partial charge < -0.3 is 0 Å². The van der Waals surface area contributed by atoms with E-state index in [9.17, 15) is 4.39 Å². The third-order valence-electron chi connectivity index (χ3n) is 2.34. The first kappa shape index (κ1) is 11.0.